The molecule has 146 valence electrons. The second kappa shape index (κ2) is 7.88. The molecule has 9 heteroatoms. The number of carbonyl (C=O) groups excluding carboxylic acids is 1. The van der Waals surface area contributed by atoms with Crippen molar-refractivity contribution in [3.8, 4) is 5.69 Å². The Bertz CT molecular complexity index is 1270. The van der Waals surface area contributed by atoms with Crippen LogP contribution in [0, 0.1) is 12.7 Å². The summed E-state index contributed by atoms with van der Waals surface area (Å²) in [7, 11) is 0. The highest BCUT2D eigenvalue weighted by Crippen LogP contribution is 2.19. The van der Waals surface area contributed by atoms with Crippen molar-refractivity contribution in [3.63, 3.8) is 0 Å². The largest absolute Gasteiger partial charge is 0.325 e. The molecule has 0 aliphatic carbocycles. The highest BCUT2D eigenvalue weighted by molar-refractivity contribution is 7.99. The number of anilines is 1. The summed E-state index contributed by atoms with van der Waals surface area (Å²) in [5.41, 5.74) is 2.29. The van der Waals surface area contributed by atoms with E-state index in [0.29, 0.717) is 21.9 Å². The Balaban J connectivity index is 1.56. The van der Waals surface area contributed by atoms with Crippen LogP contribution in [0.15, 0.2) is 64.7 Å². The number of benzene rings is 2. The van der Waals surface area contributed by atoms with Gasteiger partial charge in [-0.25, -0.2) is 14.1 Å². The van der Waals surface area contributed by atoms with E-state index in [9.17, 15) is 14.0 Å². The third kappa shape index (κ3) is 4.19. The number of amides is 1. The second-order valence-electron chi connectivity index (χ2n) is 6.35. The van der Waals surface area contributed by atoms with Crippen molar-refractivity contribution >= 4 is 34.4 Å². The molecule has 4 rings (SSSR count). The number of aromatic amines is 1. The molecule has 0 bridgehead atoms. The maximum absolute atomic E-state index is 13.2. The van der Waals surface area contributed by atoms with Crippen LogP contribution in [0.2, 0.25) is 0 Å². The van der Waals surface area contributed by atoms with Gasteiger partial charge in [0, 0.05) is 5.69 Å². The molecule has 2 N–H and O–H groups in total. The molecule has 4 aromatic rings. The fourth-order valence-electron chi connectivity index (χ4n) is 2.81. The molecular weight excluding hydrogens is 393 g/mol. The average molecular weight is 409 g/mol. The molecule has 2 aromatic carbocycles. The Labute approximate surface area is 169 Å². The minimum absolute atomic E-state index is 0.00351. The molecule has 2 aromatic heterocycles. The maximum Gasteiger partial charge on any atom is 0.262 e. The smallest absolute Gasteiger partial charge is 0.262 e. The lowest BCUT2D eigenvalue weighted by Gasteiger charge is -2.06. The maximum atomic E-state index is 13.2. The molecule has 0 fully saturated rings. The molecule has 0 aliphatic rings. The second-order valence-corrected chi connectivity index (χ2v) is 7.31. The summed E-state index contributed by atoms with van der Waals surface area (Å²) in [5.74, 6) is -0.768. The lowest BCUT2D eigenvalue weighted by atomic mass is 10.2. The number of hydrogen-bond acceptors (Lipinski definition) is 5. The first kappa shape index (κ1) is 18.9. The standard InChI is InChI=1S/C20H16FN5O2S/c1-12-4-2-7-15(8-12)26-18-16(10-22-26)19(28)25-20(24-18)29-11-17(27)23-14-6-3-5-13(21)9-14/h2-10H,11H2,1H3,(H,23,27)(H,24,25,28). The molecule has 0 aliphatic heterocycles. The first-order valence-electron chi connectivity index (χ1n) is 8.73. The summed E-state index contributed by atoms with van der Waals surface area (Å²) in [6.07, 6.45) is 1.47. The molecule has 0 radical (unpaired) electrons. The monoisotopic (exact) mass is 409 g/mol. The normalized spacial score (nSPS) is 11.0. The Kier molecular flexibility index (Phi) is 5.13. The molecule has 0 atom stereocenters. The fraction of sp³-hybridized carbons (Fsp3) is 0.100. The van der Waals surface area contributed by atoms with Crippen molar-refractivity contribution in [2.24, 2.45) is 0 Å². The van der Waals surface area contributed by atoms with Crippen molar-refractivity contribution in [1.29, 1.82) is 0 Å². The third-order valence-corrected chi connectivity index (χ3v) is 4.98. The Hall–Kier alpha value is -3.46. The lowest BCUT2D eigenvalue weighted by Crippen LogP contribution is -2.15. The van der Waals surface area contributed by atoms with Gasteiger partial charge in [-0.2, -0.15) is 5.10 Å². The van der Waals surface area contributed by atoms with E-state index < -0.39 is 5.82 Å². The molecule has 0 unspecified atom stereocenters. The van der Waals surface area contributed by atoms with Gasteiger partial charge in [0.1, 0.15) is 11.2 Å². The van der Waals surface area contributed by atoms with E-state index >= 15 is 0 Å². The Morgan fingerprint density at radius 3 is 2.86 bits per heavy atom. The van der Waals surface area contributed by atoms with Crippen LogP contribution < -0.4 is 10.9 Å². The van der Waals surface area contributed by atoms with Gasteiger partial charge in [0.15, 0.2) is 10.8 Å². The molecule has 0 saturated carbocycles. The predicted molar refractivity (Wildman–Crippen MR) is 110 cm³/mol. The highest BCUT2D eigenvalue weighted by atomic mass is 32.2. The van der Waals surface area contributed by atoms with Crippen molar-refractivity contribution in [2.45, 2.75) is 12.1 Å². The van der Waals surface area contributed by atoms with Gasteiger partial charge in [0.2, 0.25) is 5.91 Å². The molecule has 0 saturated heterocycles. The van der Waals surface area contributed by atoms with Crippen LogP contribution in [0.3, 0.4) is 0 Å². The van der Waals surface area contributed by atoms with Gasteiger partial charge in [0.05, 0.1) is 17.6 Å². The molecule has 7 nitrogen and oxygen atoms in total. The molecule has 2 heterocycles. The topological polar surface area (TPSA) is 92.7 Å². The van der Waals surface area contributed by atoms with Crippen molar-refractivity contribution in [3.05, 3.63) is 76.5 Å². The highest BCUT2D eigenvalue weighted by Gasteiger charge is 2.13. The molecular formula is C20H16FN5O2S. The number of carbonyl (C=O) groups is 1. The van der Waals surface area contributed by atoms with Crippen molar-refractivity contribution in [2.75, 3.05) is 11.1 Å². The van der Waals surface area contributed by atoms with E-state index in [1.54, 1.807) is 10.7 Å². The zero-order valence-electron chi connectivity index (χ0n) is 15.3. The van der Waals surface area contributed by atoms with Gasteiger partial charge < -0.3 is 10.3 Å². The van der Waals surface area contributed by atoms with E-state index in [-0.39, 0.29) is 17.2 Å². The SMILES string of the molecule is Cc1cccc(-n2ncc3c(=O)[nH]c(SCC(=O)Nc4cccc(F)c4)nc32)c1. The van der Waals surface area contributed by atoms with E-state index in [1.165, 1.54) is 24.4 Å². The first-order valence-corrected chi connectivity index (χ1v) is 9.71. The van der Waals surface area contributed by atoms with Crippen LogP contribution in [0.1, 0.15) is 5.56 Å². The van der Waals surface area contributed by atoms with Crippen LogP contribution in [-0.2, 0) is 4.79 Å². The van der Waals surface area contributed by atoms with E-state index in [1.807, 2.05) is 31.2 Å². The number of nitrogens with zero attached hydrogens (tertiary/aromatic N) is 3. The minimum atomic E-state index is -0.434. The zero-order valence-corrected chi connectivity index (χ0v) is 16.2. The number of hydrogen-bond donors (Lipinski definition) is 2. The van der Waals surface area contributed by atoms with Gasteiger partial charge >= 0.3 is 0 Å². The number of nitrogens with one attached hydrogen (secondary N) is 2. The van der Waals surface area contributed by atoms with Crippen LogP contribution in [0.4, 0.5) is 10.1 Å². The first-order chi connectivity index (χ1) is 14.0. The van der Waals surface area contributed by atoms with Gasteiger partial charge in [-0.05, 0) is 42.8 Å². The van der Waals surface area contributed by atoms with Crippen LogP contribution in [0.5, 0.6) is 0 Å². The number of aromatic nitrogens is 4. The number of aryl methyl sites for hydroxylation is 1. The molecule has 0 spiro atoms. The van der Waals surface area contributed by atoms with E-state index in [0.717, 1.165) is 23.0 Å². The van der Waals surface area contributed by atoms with Gasteiger partial charge in [0.25, 0.3) is 5.56 Å². The Morgan fingerprint density at radius 2 is 2.07 bits per heavy atom. The summed E-state index contributed by atoms with van der Waals surface area (Å²) in [5, 5.41) is 7.54. The molecule has 1 amide bonds. The zero-order chi connectivity index (χ0) is 20.4. The number of thioether (sulfide) groups is 1. The Morgan fingerprint density at radius 1 is 1.24 bits per heavy atom. The quantitative estimate of drug-likeness (QED) is 0.390. The van der Waals surface area contributed by atoms with Crippen LogP contribution in [-0.4, -0.2) is 31.4 Å². The summed E-state index contributed by atoms with van der Waals surface area (Å²) in [6, 6.07) is 13.3. The number of halogens is 1. The number of rotatable bonds is 5. The predicted octanol–water partition coefficient (Wildman–Crippen LogP) is 3.29. The summed E-state index contributed by atoms with van der Waals surface area (Å²) < 4.78 is 14.8. The van der Waals surface area contributed by atoms with Gasteiger partial charge in [-0.15, -0.1) is 0 Å². The van der Waals surface area contributed by atoms with Crippen molar-refractivity contribution in [1.82, 2.24) is 19.7 Å². The summed E-state index contributed by atoms with van der Waals surface area (Å²) in [6.45, 7) is 1.97. The molecule has 29 heavy (non-hydrogen) atoms. The van der Waals surface area contributed by atoms with E-state index in [2.05, 4.69) is 20.4 Å². The third-order valence-electron chi connectivity index (χ3n) is 4.11. The fourth-order valence-corrected chi connectivity index (χ4v) is 3.47. The average Bonchev–Trinajstić information content (AvgIpc) is 3.11. The van der Waals surface area contributed by atoms with Crippen LogP contribution in [0.25, 0.3) is 16.7 Å². The van der Waals surface area contributed by atoms with E-state index in [4.69, 9.17) is 0 Å². The summed E-state index contributed by atoms with van der Waals surface area (Å²) in [4.78, 5) is 31.6. The lowest BCUT2D eigenvalue weighted by molar-refractivity contribution is -0.113. The number of fused-ring (bicyclic) bond motifs is 1. The van der Waals surface area contributed by atoms with Crippen LogP contribution >= 0.6 is 11.8 Å². The minimum Gasteiger partial charge on any atom is -0.325 e. The van der Waals surface area contributed by atoms with Gasteiger partial charge in [-0.1, -0.05) is 30.0 Å². The summed E-state index contributed by atoms with van der Waals surface area (Å²) >= 11 is 1.08. The number of H-pyrrole nitrogens is 1. The van der Waals surface area contributed by atoms with Crippen molar-refractivity contribution < 1.29 is 9.18 Å². The van der Waals surface area contributed by atoms with Gasteiger partial charge in [-0.3, -0.25) is 9.59 Å².